The number of nitrogens with two attached hydrogens (primary N) is 1. The highest BCUT2D eigenvalue weighted by atomic mass is 16.1. The highest BCUT2D eigenvalue weighted by Gasteiger charge is 2.11. The van der Waals surface area contributed by atoms with Gasteiger partial charge in [0, 0.05) is 17.8 Å². The molecule has 16 heavy (non-hydrogen) atoms. The largest absolute Gasteiger partial charge is 0.383 e. The second kappa shape index (κ2) is 3.03. The van der Waals surface area contributed by atoms with Crippen LogP contribution in [-0.4, -0.2) is 20.9 Å². The van der Waals surface area contributed by atoms with Crippen molar-refractivity contribution in [3.63, 3.8) is 0 Å². The first-order chi connectivity index (χ1) is 7.79. The molecule has 5 heteroatoms. The van der Waals surface area contributed by atoms with E-state index in [2.05, 4.69) is 10.1 Å². The predicted octanol–water partition coefficient (Wildman–Crippen LogP) is 1.08. The first-order valence-electron chi connectivity index (χ1n) is 4.78. The van der Waals surface area contributed by atoms with E-state index < -0.39 is 0 Å². The van der Waals surface area contributed by atoms with Gasteiger partial charge in [-0.25, -0.2) is 4.98 Å². The minimum absolute atomic E-state index is 0.315. The molecule has 3 rings (SSSR count). The molecule has 2 aromatic heterocycles. The molecule has 0 fully saturated rings. The summed E-state index contributed by atoms with van der Waals surface area (Å²) in [6, 6.07) is 1.83. The summed E-state index contributed by atoms with van der Waals surface area (Å²) in [5, 5.41) is 4.29. The fraction of sp³-hybridized carbons (Fsp3) is 0. The van der Waals surface area contributed by atoms with E-state index in [9.17, 15) is 4.79 Å². The Balaban J connectivity index is 2.24. The van der Waals surface area contributed by atoms with Crippen molar-refractivity contribution < 1.29 is 4.79 Å². The minimum Gasteiger partial charge on any atom is -0.383 e. The van der Waals surface area contributed by atoms with E-state index in [-0.39, 0.29) is 0 Å². The van der Waals surface area contributed by atoms with Crippen LogP contribution in [0.4, 0.5) is 5.82 Å². The summed E-state index contributed by atoms with van der Waals surface area (Å²) in [5.41, 5.74) is 8.63. The van der Waals surface area contributed by atoms with Crippen molar-refractivity contribution in [1.82, 2.24) is 14.6 Å². The normalized spacial score (nSPS) is 13.6. The number of fused-ring (bicyclic) bond motifs is 1. The lowest BCUT2D eigenvalue weighted by atomic mass is 10.1. The summed E-state index contributed by atoms with van der Waals surface area (Å²) in [4.78, 5) is 14.8. The molecule has 2 N–H and O–H groups in total. The number of anilines is 1. The quantitative estimate of drug-likeness (QED) is 0.756. The lowest BCUT2D eigenvalue weighted by molar-refractivity contribution is 0.112. The van der Waals surface area contributed by atoms with Crippen molar-refractivity contribution in [2.75, 3.05) is 5.73 Å². The molecule has 0 aromatic carbocycles. The molecule has 2 aromatic rings. The maximum absolute atomic E-state index is 10.7. The third kappa shape index (κ3) is 1.08. The van der Waals surface area contributed by atoms with Crippen molar-refractivity contribution in [2.45, 2.75) is 0 Å². The van der Waals surface area contributed by atoms with Crippen LogP contribution in [0.5, 0.6) is 0 Å². The zero-order valence-electron chi connectivity index (χ0n) is 8.29. The van der Waals surface area contributed by atoms with E-state index in [0.717, 1.165) is 11.3 Å². The topological polar surface area (TPSA) is 73.3 Å². The van der Waals surface area contributed by atoms with Crippen LogP contribution in [0.25, 0.3) is 11.2 Å². The van der Waals surface area contributed by atoms with Crippen molar-refractivity contribution in [1.29, 1.82) is 0 Å². The average molecular weight is 212 g/mol. The van der Waals surface area contributed by atoms with Crippen molar-refractivity contribution in [3.8, 4) is 0 Å². The Labute approximate surface area is 90.9 Å². The van der Waals surface area contributed by atoms with E-state index in [1.165, 1.54) is 10.7 Å². The second-order valence-electron chi connectivity index (χ2n) is 3.50. The summed E-state index contributed by atoms with van der Waals surface area (Å²) in [6.45, 7) is 0. The predicted molar refractivity (Wildman–Crippen MR) is 59.9 cm³/mol. The highest BCUT2D eigenvalue weighted by molar-refractivity contribution is 5.83. The lowest BCUT2D eigenvalue weighted by Crippen LogP contribution is -2.04. The lowest BCUT2D eigenvalue weighted by Gasteiger charge is -2.02. The van der Waals surface area contributed by atoms with Gasteiger partial charge in [0.15, 0.2) is 11.9 Å². The Bertz CT molecular complexity index is 651. The number of aldehydes is 1. The van der Waals surface area contributed by atoms with E-state index in [0.29, 0.717) is 23.3 Å². The van der Waals surface area contributed by atoms with Gasteiger partial charge in [0.25, 0.3) is 0 Å². The van der Waals surface area contributed by atoms with Crippen LogP contribution < -0.4 is 5.73 Å². The number of hydrogen-bond acceptors (Lipinski definition) is 4. The SMILES string of the molecule is Nc1c(C=O)cnc2cc(C3=CC=C3)nn12. The fourth-order valence-corrected chi connectivity index (χ4v) is 1.56. The smallest absolute Gasteiger partial charge is 0.157 e. The fourth-order valence-electron chi connectivity index (χ4n) is 1.56. The Morgan fingerprint density at radius 2 is 2.25 bits per heavy atom. The number of allylic oxidation sites excluding steroid dienone is 4. The van der Waals surface area contributed by atoms with Crippen LogP contribution in [0.15, 0.2) is 30.5 Å². The highest BCUT2D eigenvalue weighted by Crippen LogP contribution is 2.22. The van der Waals surface area contributed by atoms with E-state index >= 15 is 0 Å². The molecule has 1 aliphatic rings. The molecule has 0 amide bonds. The van der Waals surface area contributed by atoms with Crippen LogP contribution in [0, 0.1) is 0 Å². The molecule has 0 unspecified atom stereocenters. The molecule has 0 bridgehead atoms. The van der Waals surface area contributed by atoms with Gasteiger partial charge in [0.1, 0.15) is 5.82 Å². The van der Waals surface area contributed by atoms with Gasteiger partial charge >= 0.3 is 0 Å². The van der Waals surface area contributed by atoms with Crippen molar-refractivity contribution in [3.05, 3.63) is 41.7 Å². The minimum atomic E-state index is 0.315. The number of nitrogen functional groups attached to an aromatic ring is 1. The summed E-state index contributed by atoms with van der Waals surface area (Å²) < 4.78 is 1.48. The van der Waals surface area contributed by atoms with Gasteiger partial charge in [-0.05, 0) is 0 Å². The first kappa shape index (κ1) is 8.84. The summed E-state index contributed by atoms with van der Waals surface area (Å²) in [6.07, 6.45) is 7.98. The molecule has 0 spiro atoms. The van der Waals surface area contributed by atoms with Gasteiger partial charge in [-0.3, -0.25) is 4.79 Å². The number of hydrogen-bond donors (Lipinski definition) is 1. The van der Waals surface area contributed by atoms with Gasteiger partial charge in [0.2, 0.25) is 0 Å². The van der Waals surface area contributed by atoms with Gasteiger partial charge < -0.3 is 5.73 Å². The number of aromatic nitrogens is 3. The zero-order valence-corrected chi connectivity index (χ0v) is 8.29. The molecule has 2 heterocycles. The number of carbonyl (C=O) groups is 1. The standard InChI is InChI=1S/C11H8N4O/c12-11-8(6-16)5-13-10-4-9(14-15(10)11)7-2-1-3-7/h1-6H,12H2. The van der Waals surface area contributed by atoms with E-state index in [1.807, 2.05) is 24.3 Å². The Kier molecular flexibility index (Phi) is 1.67. The molecule has 78 valence electrons. The zero-order chi connectivity index (χ0) is 11.1. The van der Waals surface area contributed by atoms with Gasteiger partial charge in [-0.2, -0.15) is 9.61 Å². The van der Waals surface area contributed by atoms with Gasteiger partial charge in [-0.15, -0.1) is 0 Å². The van der Waals surface area contributed by atoms with Crippen molar-refractivity contribution >= 4 is 23.3 Å². The van der Waals surface area contributed by atoms with Gasteiger partial charge in [-0.1, -0.05) is 18.2 Å². The molecule has 5 nitrogen and oxygen atoms in total. The maximum Gasteiger partial charge on any atom is 0.157 e. The van der Waals surface area contributed by atoms with Crippen molar-refractivity contribution in [2.24, 2.45) is 0 Å². The van der Waals surface area contributed by atoms with Crippen LogP contribution >= 0.6 is 0 Å². The first-order valence-corrected chi connectivity index (χ1v) is 4.78. The molecule has 0 saturated carbocycles. The van der Waals surface area contributed by atoms with Crippen LogP contribution in [0.3, 0.4) is 0 Å². The van der Waals surface area contributed by atoms with Gasteiger partial charge in [0.05, 0.1) is 11.3 Å². The third-order valence-electron chi connectivity index (χ3n) is 2.52. The van der Waals surface area contributed by atoms with E-state index in [4.69, 9.17) is 5.73 Å². The summed E-state index contributed by atoms with van der Waals surface area (Å²) in [7, 11) is 0. The molecule has 1 aliphatic carbocycles. The maximum atomic E-state index is 10.7. The van der Waals surface area contributed by atoms with Crippen LogP contribution in [0.1, 0.15) is 16.1 Å². The number of rotatable bonds is 2. The summed E-state index contributed by atoms with van der Waals surface area (Å²) >= 11 is 0. The molecule has 0 radical (unpaired) electrons. The molecular weight excluding hydrogens is 204 g/mol. The van der Waals surface area contributed by atoms with Crippen LogP contribution in [-0.2, 0) is 0 Å². The molecular formula is C11H8N4O. The Morgan fingerprint density at radius 1 is 1.44 bits per heavy atom. The molecule has 0 saturated heterocycles. The molecule has 0 aliphatic heterocycles. The third-order valence-corrected chi connectivity index (χ3v) is 2.52. The monoisotopic (exact) mass is 212 g/mol. The van der Waals surface area contributed by atoms with E-state index in [1.54, 1.807) is 0 Å². The van der Waals surface area contributed by atoms with Crippen LogP contribution in [0.2, 0.25) is 0 Å². The Morgan fingerprint density at radius 3 is 2.88 bits per heavy atom. The number of carbonyl (C=O) groups excluding carboxylic acids is 1. The average Bonchev–Trinajstić information content (AvgIpc) is 2.60. The Hall–Kier alpha value is -2.43. The number of nitrogens with zero attached hydrogens (tertiary/aromatic N) is 3. The summed E-state index contributed by atoms with van der Waals surface area (Å²) in [5.74, 6) is 0.315. The second-order valence-corrected chi connectivity index (χ2v) is 3.50. The molecule has 0 atom stereocenters.